The molecule has 1 saturated carbocycles. The van der Waals surface area contributed by atoms with E-state index in [4.69, 9.17) is 4.74 Å². The molecule has 1 aliphatic rings. The number of rotatable bonds is 5. The average molecular weight is 255 g/mol. The first-order valence-electron chi connectivity index (χ1n) is 6.92. The van der Waals surface area contributed by atoms with Crippen molar-refractivity contribution in [2.75, 3.05) is 0 Å². The van der Waals surface area contributed by atoms with Gasteiger partial charge in [0.15, 0.2) is 5.78 Å². The van der Waals surface area contributed by atoms with Gasteiger partial charge in [0.05, 0.1) is 6.04 Å². The lowest BCUT2D eigenvalue weighted by Gasteiger charge is -2.23. The number of Topliss-reactive ketones (excluding diaryl/α,β-unsaturated/α-hetero) is 1. The van der Waals surface area contributed by atoms with Crippen LogP contribution in [-0.2, 0) is 9.53 Å². The van der Waals surface area contributed by atoms with Crippen LogP contribution in [0.4, 0.5) is 4.79 Å². The minimum absolute atomic E-state index is 0.0342. The lowest BCUT2D eigenvalue weighted by atomic mass is 9.93. The standard InChI is InChI=1S/C14H25NO3/c1-9(2)12(13(16)10(3)4)15-14(17)18-11-7-5-6-8-11/h9-12H,5-8H2,1-4H3,(H,15,17)/t12-/m0/s1. The van der Waals surface area contributed by atoms with Crippen LogP contribution < -0.4 is 5.32 Å². The molecule has 0 heterocycles. The molecule has 4 heteroatoms. The molecule has 0 aromatic heterocycles. The largest absolute Gasteiger partial charge is 0.446 e. The summed E-state index contributed by atoms with van der Waals surface area (Å²) in [7, 11) is 0. The molecule has 0 unspecified atom stereocenters. The van der Waals surface area contributed by atoms with Gasteiger partial charge in [-0.2, -0.15) is 0 Å². The summed E-state index contributed by atoms with van der Waals surface area (Å²) in [6.07, 6.45) is 3.71. The molecule has 1 atom stereocenters. The Kier molecular flexibility index (Phi) is 5.63. The third-order valence-corrected chi connectivity index (χ3v) is 3.39. The second kappa shape index (κ2) is 6.76. The summed E-state index contributed by atoms with van der Waals surface area (Å²) in [6.45, 7) is 7.56. The summed E-state index contributed by atoms with van der Waals surface area (Å²) in [6, 6.07) is -0.445. The van der Waals surface area contributed by atoms with Crippen molar-refractivity contribution in [1.29, 1.82) is 0 Å². The number of alkyl carbamates (subject to hydrolysis) is 1. The van der Waals surface area contributed by atoms with E-state index in [0.717, 1.165) is 25.7 Å². The van der Waals surface area contributed by atoms with E-state index in [-0.39, 0.29) is 23.7 Å². The van der Waals surface area contributed by atoms with Crippen molar-refractivity contribution in [3.05, 3.63) is 0 Å². The highest BCUT2D eigenvalue weighted by atomic mass is 16.6. The molecule has 104 valence electrons. The first-order chi connectivity index (χ1) is 8.41. The van der Waals surface area contributed by atoms with Gasteiger partial charge in [0, 0.05) is 5.92 Å². The van der Waals surface area contributed by atoms with Crippen LogP contribution in [0.2, 0.25) is 0 Å². The molecule has 1 N–H and O–H groups in total. The second-order valence-electron chi connectivity index (χ2n) is 5.73. The molecule has 1 fully saturated rings. The van der Waals surface area contributed by atoms with E-state index in [9.17, 15) is 9.59 Å². The van der Waals surface area contributed by atoms with Crippen molar-refractivity contribution in [3.8, 4) is 0 Å². The molecule has 0 aromatic rings. The van der Waals surface area contributed by atoms with Gasteiger partial charge in [0.1, 0.15) is 6.10 Å². The van der Waals surface area contributed by atoms with Gasteiger partial charge >= 0.3 is 6.09 Å². The fourth-order valence-corrected chi connectivity index (χ4v) is 2.24. The molecule has 0 radical (unpaired) electrons. The van der Waals surface area contributed by atoms with Gasteiger partial charge in [-0.1, -0.05) is 27.7 Å². The SMILES string of the molecule is CC(C)C(=O)[C@@H](NC(=O)OC1CCCC1)C(C)C. The zero-order valence-corrected chi connectivity index (χ0v) is 11.9. The quantitative estimate of drug-likeness (QED) is 0.821. The topological polar surface area (TPSA) is 55.4 Å². The third kappa shape index (κ3) is 4.31. The number of ether oxygens (including phenoxy) is 1. The summed E-state index contributed by atoms with van der Waals surface area (Å²) >= 11 is 0. The van der Waals surface area contributed by atoms with E-state index in [1.807, 2.05) is 27.7 Å². The maximum Gasteiger partial charge on any atom is 0.408 e. The zero-order chi connectivity index (χ0) is 13.7. The molecule has 0 saturated heterocycles. The Balaban J connectivity index is 2.49. The molecule has 1 rings (SSSR count). The van der Waals surface area contributed by atoms with Crippen molar-refractivity contribution in [2.24, 2.45) is 11.8 Å². The molecule has 0 spiro atoms. The third-order valence-electron chi connectivity index (χ3n) is 3.39. The van der Waals surface area contributed by atoms with Crippen molar-refractivity contribution in [1.82, 2.24) is 5.32 Å². The molecular formula is C14H25NO3. The van der Waals surface area contributed by atoms with Gasteiger partial charge in [0.2, 0.25) is 0 Å². The average Bonchev–Trinajstić information content (AvgIpc) is 2.77. The normalized spacial score (nSPS) is 18.1. The van der Waals surface area contributed by atoms with Gasteiger partial charge in [-0.15, -0.1) is 0 Å². The Labute approximate surface area is 109 Å². The van der Waals surface area contributed by atoms with Gasteiger partial charge in [0.25, 0.3) is 0 Å². The predicted molar refractivity (Wildman–Crippen MR) is 70.3 cm³/mol. The van der Waals surface area contributed by atoms with Crippen molar-refractivity contribution in [3.63, 3.8) is 0 Å². The molecule has 4 nitrogen and oxygen atoms in total. The van der Waals surface area contributed by atoms with E-state index in [1.54, 1.807) is 0 Å². The van der Waals surface area contributed by atoms with E-state index in [2.05, 4.69) is 5.32 Å². The number of hydrogen-bond donors (Lipinski definition) is 1. The van der Waals surface area contributed by atoms with Crippen LogP contribution in [0.5, 0.6) is 0 Å². The highest BCUT2D eigenvalue weighted by Crippen LogP contribution is 2.21. The summed E-state index contributed by atoms with van der Waals surface area (Å²) in [5.74, 6) is 0.0635. The Morgan fingerprint density at radius 3 is 2.11 bits per heavy atom. The Morgan fingerprint density at radius 2 is 1.67 bits per heavy atom. The predicted octanol–water partition coefficient (Wildman–Crippen LogP) is 2.90. The lowest BCUT2D eigenvalue weighted by Crippen LogP contribution is -2.46. The Hall–Kier alpha value is -1.06. The number of carbonyl (C=O) groups excluding carboxylic acids is 2. The molecule has 1 amide bonds. The molecule has 0 aliphatic heterocycles. The second-order valence-corrected chi connectivity index (χ2v) is 5.73. The van der Waals surface area contributed by atoms with E-state index in [1.165, 1.54) is 0 Å². The maximum atomic E-state index is 12.0. The number of ketones is 1. The summed E-state index contributed by atoms with van der Waals surface area (Å²) in [4.78, 5) is 23.7. The first kappa shape index (κ1) is 15.0. The van der Waals surface area contributed by atoms with Crippen LogP contribution in [0.3, 0.4) is 0 Å². The Bertz CT molecular complexity index is 293. The number of nitrogens with one attached hydrogen (secondary N) is 1. The fraction of sp³-hybridized carbons (Fsp3) is 0.857. The van der Waals surface area contributed by atoms with Crippen molar-refractivity contribution < 1.29 is 14.3 Å². The summed E-state index contributed by atoms with van der Waals surface area (Å²) in [5, 5.41) is 2.71. The maximum absolute atomic E-state index is 12.0. The molecule has 0 aromatic carbocycles. The highest BCUT2D eigenvalue weighted by molar-refractivity contribution is 5.89. The van der Waals surface area contributed by atoms with Crippen LogP contribution in [-0.4, -0.2) is 24.0 Å². The van der Waals surface area contributed by atoms with Gasteiger partial charge < -0.3 is 10.1 Å². The van der Waals surface area contributed by atoms with Gasteiger partial charge in [-0.25, -0.2) is 4.79 Å². The summed E-state index contributed by atoms with van der Waals surface area (Å²) < 4.78 is 5.32. The molecular weight excluding hydrogens is 230 g/mol. The lowest BCUT2D eigenvalue weighted by molar-refractivity contribution is -0.124. The first-order valence-corrected chi connectivity index (χ1v) is 6.92. The van der Waals surface area contributed by atoms with Crippen LogP contribution in [0, 0.1) is 11.8 Å². The van der Waals surface area contributed by atoms with E-state index in [0.29, 0.717) is 0 Å². The number of hydrogen-bond acceptors (Lipinski definition) is 3. The monoisotopic (exact) mass is 255 g/mol. The minimum atomic E-state index is -0.449. The smallest absolute Gasteiger partial charge is 0.408 e. The van der Waals surface area contributed by atoms with E-state index >= 15 is 0 Å². The number of carbonyl (C=O) groups is 2. The van der Waals surface area contributed by atoms with Gasteiger partial charge in [-0.05, 0) is 31.6 Å². The van der Waals surface area contributed by atoms with Crippen LogP contribution in [0.1, 0.15) is 53.4 Å². The van der Waals surface area contributed by atoms with Crippen LogP contribution in [0.25, 0.3) is 0 Å². The molecule has 18 heavy (non-hydrogen) atoms. The number of amides is 1. The van der Waals surface area contributed by atoms with Crippen molar-refractivity contribution >= 4 is 11.9 Å². The Morgan fingerprint density at radius 1 is 1.11 bits per heavy atom. The minimum Gasteiger partial charge on any atom is -0.446 e. The molecule has 0 bridgehead atoms. The van der Waals surface area contributed by atoms with E-state index < -0.39 is 12.1 Å². The van der Waals surface area contributed by atoms with Crippen LogP contribution in [0.15, 0.2) is 0 Å². The van der Waals surface area contributed by atoms with Crippen LogP contribution >= 0.6 is 0 Å². The van der Waals surface area contributed by atoms with Gasteiger partial charge in [-0.3, -0.25) is 4.79 Å². The van der Waals surface area contributed by atoms with Crippen molar-refractivity contribution in [2.45, 2.75) is 65.5 Å². The molecule has 1 aliphatic carbocycles. The zero-order valence-electron chi connectivity index (χ0n) is 11.9. The summed E-state index contributed by atoms with van der Waals surface area (Å²) in [5.41, 5.74) is 0. The highest BCUT2D eigenvalue weighted by Gasteiger charge is 2.28. The fourth-order valence-electron chi connectivity index (χ4n) is 2.24.